The third-order valence-corrected chi connectivity index (χ3v) is 1.86. The molecule has 0 aliphatic rings. The van der Waals surface area contributed by atoms with Crippen molar-refractivity contribution in [1.82, 2.24) is 0 Å². The SMILES string of the molecule is C[CH]C(=O)OCC(C)C(C)C. The molecule has 1 atom stereocenters. The molecule has 2 nitrogen and oxygen atoms in total. The van der Waals surface area contributed by atoms with E-state index in [1.807, 2.05) is 0 Å². The van der Waals surface area contributed by atoms with Gasteiger partial charge in [0.1, 0.15) is 0 Å². The highest BCUT2D eigenvalue weighted by Gasteiger charge is 2.08. The molecule has 0 heterocycles. The minimum absolute atomic E-state index is 0.225. The van der Waals surface area contributed by atoms with Crippen LogP contribution in [0.4, 0.5) is 0 Å². The Labute approximate surface area is 68.9 Å². The lowest BCUT2D eigenvalue weighted by Crippen LogP contribution is -2.15. The Morgan fingerprint density at radius 3 is 2.36 bits per heavy atom. The summed E-state index contributed by atoms with van der Waals surface area (Å²) in [4.78, 5) is 10.7. The van der Waals surface area contributed by atoms with Crippen molar-refractivity contribution >= 4 is 5.97 Å². The third-order valence-electron chi connectivity index (χ3n) is 1.86. The number of hydrogen-bond acceptors (Lipinski definition) is 2. The maximum absolute atomic E-state index is 10.7. The fourth-order valence-corrected chi connectivity index (χ4v) is 0.489. The van der Waals surface area contributed by atoms with Crippen molar-refractivity contribution < 1.29 is 9.53 Å². The smallest absolute Gasteiger partial charge is 0.309 e. The van der Waals surface area contributed by atoms with Gasteiger partial charge in [0, 0.05) is 0 Å². The first-order valence-corrected chi connectivity index (χ1v) is 4.04. The summed E-state index contributed by atoms with van der Waals surface area (Å²) in [7, 11) is 0. The molecule has 0 aromatic rings. The van der Waals surface area contributed by atoms with Gasteiger partial charge in [-0.15, -0.1) is 0 Å². The molecule has 0 aromatic carbocycles. The first kappa shape index (κ1) is 10.5. The first-order chi connectivity index (χ1) is 5.07. The van der Waals surface area contributed by atoms with Gasteiger partial charge in [-0.2, -0.15) is 0 Å². The molecule has 65 valence electrons. The fraction of sp³-hybridized carbons (Fsp3) is 0.778. The summed E-state index contributed by atoms with van der Waals surface area (Å²) in [5.74, 6) is 0.788. The molecule has 1 radical (unpaired) electrons. The summed E-state index contributed by atoms with van der Waals surface area (Å²) in [6, 6.07) is 0. The Balaban J connectivity index is 3.45. The van der Waals surface area contributed by atoms with Gasteiger partial charge in [0.2, 0.25) is 0 Å². The summed E-state index contributed by atoms with van der Waals surface area (Å²) in [6.07, 6.45) is 1.44. The molecule has 1 unspecified atom stereocenters. The maximum atomic E-state index is 10.7. The van der Waals surface area contributed by atoms with Crippen LogP contribution >= 0.6 is 0 Å². The molecule has 2 heteroatoms. The zero-order valence-electron chi connectivity index (χ0n) is 7.76. The molecule has 0 aliphatic carbocycles. The summed E-state index contributed by atoms with van der Waals surface area (Å²) in [5, 5.41) is 0. The van der Waals surface area contributed by atoms with Crippen molar-refractivity contribution in [1.29, 1.82) is 0 Å². The molecule has 0 amide bonds. The predicted molar refractivity (Wildman–Crippen MR) is 44.9 cm³/mol. The summed E-state index contributed by atoms with van der Waals surface area (Å²) < 4.78 is 4.92. The van der Waals surface area contributed by atoms with Crippen molar-refractivity contribution in [3.8, 4) is 0 Å². The second-order valence-electron chi connectivity index (χ2n) is 3.14. The normalized spacial score (nSPS) is 13.2. The van der Waals surface area contributed by atoms with E-state index in [1.165, 1.54) is 6.42 Å². The van der Waals surface area contributed by atoms with E-state index in [0.29, 0.717) is 18.4 Å². The number of hydrogen-bond donors (Lipinski definition) is 0. The Morgan fingerprint density at radius 1 is 1.45 bits per heavy atom. The number of rotatable bonds is 4. The van der Waals surface area contributed by atoms with E-state index in [0.717, 1.165) is 0 Å². The van der Waals surface area contributed by atoms with Crippen LogP contribution in [0.2, 0.25) is 0 Å². The van der Waals surface area contributed by atoms with E-state index >= 15 is 0 Å². The van der Waals surface area contributed by atoms with Crippen LogP contribution in [0.1, 0.15) is 27.7 Å². The van der Waals surface area contributed by atoms with Gasteiger partial charge in [0.15, 0.2) is 0 Å². The van der Waals surface area contributed by atoms with Gasteiger partial charge in [-0.05, 0) is 11.8 Å². The van der Waals surface area contributed by atoms with E-state index < -0.39 is 0 Å². The number of carbonyl (C=O) groups is 1. The summed E-state index contributed by atoms with van der Waals surface area (Å²) >= 11 is 0. The van der Waals surface area contributed by atoms with E-state index in [9.17, 15) is 4.79 Å². The second-order valence-corrected chi connectivity index (χ2v) is 3.14. The minimum Gasteiger partial charge on any atom is -0.465 e. The molecule has 0 bridgehead atoms. The van der Waals surface area contributed by atoms with Crippen molar-refractivity contribution in [2.45, 2.75) is 27.7 Å². The van der Waals surface area contributed by atoms with E-state index in [4.69, 9.17) is 4.74 Å². The average Bonchev–Trinajstić information content (AvgIpc) is 1.99. The van der Waals surface area contributed by atoms with Crippen LogP contribution < -0.4 is 0 Å². The molecule has 0 fully saturated rings. The number of carbonyl (C=O) groups excluding carboxylic acids is 1. The van der Waals surface area contributed by atoms with Gasteiger partial charge >= 0.3 is 5.97 Å². The highest BCUT2D eigenvalue weighted by molar-refractivity contribution is 5.78. The van der Waals surface area contributed by atoms with Gasteiger partial charge in [-0.3, -0.25) is 4.79 Å². The number of esters is 1. The van der Waals surface area contributed by atoms with Gasteiger partial charge < -0.3 is 4.74 Å². The van der Waals surface area contributed by atoms with Gasteiger partial charge in [0.05, 0.1) is 13.0 Å². The third kappa shape index (κ3) is 4.82. The van der Waals surface area contributed by atoms with Crippen LogP contribution in [-0.4, -0.2) is 12.6 Å². The van der Waals surface area contributed by atoms with Crippen LogP contribution in [0.15, 0.2) is 0 Å². The molecular formula is C9H17O2. The minimum atomic E-state index is -0.225. The lowest BCUT2D eigenvalue weighted by molar-refractivity contribution is -0.141. The number of ether oxygens (including phenoxy) is 1. The molecule has 0 saturated carbocycles. The van der Waals surface area contributed by atoms with E-state index in [2.05, 4.69) is 20.8 Å². The molecule has 0 saturated heterocycles. The molecule has 0 aliphatic heterocycles. The lowest BCUT2D eigenvalue weighted by Gasteiger charge is -2.14. The maximum Gasteiger partial charge on any atom is 0.309 e. The van der Waals surface area contributed by atoms with E-state index in [1.54, 1.807) is 6.92 Å². The Kier molecular flexibility index (Phi) is 4.92. The van der Waals surface area contributed by atoms with Gasteiger partial charge in [-0.25, -0.2) is 0 Å². The Hall–Kier alpha value is -0.530. The Morgan fingerprint density at radius 2 is 2.00 bits per heavy atom. The summed E-state index contributed by atoms with van der Waals surface area (Å²) in [5.41, 5.74) is 0. The molecule has 11 heavy (non-hydrogen) atoms. The zero-order valence-corrected chi connectivity index (χ0v) is 7.76. The summed E-state index contributed by atoms with van der Waals surface area (Å²) in [6.45, 7) is 8.53. The lowest BCUT2D eigenvalue weighted by atomic mass is 9.99. The quantitative estimate of drug-likeness (QED) is 0.584. The molecule has 0 aromatic heterocycles. The largest absolute Gasteiger partial charge is 0.465 e. The molecule has 0 rings (SSSR count). The highest BCUT2D eigenvalue weighted by Crippen LogP contribution is 2.09. The van der Waals surface area contributed by atoms with Crippen LogP contribution in [0, 0.1) is 18.3 Å². The zero-order chi connectivity index (χ0) is 8.85. The van der Waals surface area contributed by atoms with Gasteiger partial charge in [-0.1, -0.05) is 27.7 Å². The fourth-order valence-electron chi connectivity index (χ4n) is 0.489. The van der Waals surface area contributed by atoms with Crippen LogP contribution in [-0.2, 0) is 9.53 Å². The first-order valence-electron chi connectivity index (χ1n) is 4.04. The van der Waals surface area contributed by atoms with Crippen LogP contribution in [0.3, 0.4) is 0 Å². The van der Waals surface area contributed by atoms with Crippen LogP contribution in [0.5, 0.6) is 0 Å². The van der Waals surface area contributed by atoms with Crippen molar-refractivity contribution in [3.05, 3.63) is 6.42 Å². The van der Waals surface area contributed by atoms with Crippen molar-refractivity contribution in [2.24, 2.45) is 11.8 Å². The predicted octanol–water partition coefficient (Wildman–Crippen LogP) is 2.05. The van der Waals surface area contributed by atoms with Crippen LogP contribution in [0.25, 0.3) is 0 Å². The molecule has 0 spiro atoms. The molecule has 0 N–H and O–H groups in total. The van der Waals surface area contributed by atoms with Gasteiger partial charge in [0.25, 0.3) is 0 Å². The highest BCUT2D eigenvalue weighted by atomic mass is 16.5. The topological polar surface area (TPSA) is 26.3 Å². The molecular weight excluding hydrogens is 140 g/mol. The average molecular weight is 157 g/mol. The Bertz CT molecular complexity index is 119. The standard InChI is InChI=1S/C9H17O2/c1-5-9(10)11-6-8(4)7(2)3/h5,7-8H,6H2,1-4H3. The second kappa shape index (κ2) is 5.16. The van der Waals surface area contributed by atoms with Crippen molar-refractivity contribution in [3.63, 3.8) is 0 Å². The van der Waals surface area contributed by atoms with E-state index in [-0.39, 0.29) is 5.97 Å². The monoisotopic (exact) mass is 157 g/mol. The van der Waals surface area contributed by atoms with Crippen molar-refractivity contribution in [2.75, 3.05) is 6.61 Å².